The van der Waals surface area contributed by atoms with Crippen LogP contribution < -0.4 is 10.1 Å². The van der Waals surface area contributed by atoms with Gasteiger partial charge in [0.25, 0.3) is 0 Å². The second kappa shape index (κ2) is 6.79. The third-order valence-electron chi connectivity index (χ3n) is 5.70. The van der Waals surface area contributed by atoms with Gasteiger partial charge in [-0.3, -0.25) is 0 Å². The molecule has 3 heteroatoms. The van der Waals surface area contributed by atoms with Gasteiger partial charge in [0.05, 0.1) is 0 Å². The van der Waals surface area contributed by atoms with E-state index in [1.807, 2.05) is 11.8 Å². The minimum atomic E-state index is -0.158. The Labute approximate surface area is 160 Å². The molecular weight excluding hydrogens is 338 g/mol. The molecule has 1 saturated heterocycles. The molecule has 0 unspecified atom stereocenters. The van der Waals surface area contributed by atoms with E-state index in [0.29, 0.717) is 0 Å². The molecule has 2 aliphatic heterocycles. The second-order valence-corrected chi connectivity index (χ2v) is 8.84. The highest BCUT2D eigenvalue weighted by molar-refractivity contribution is 7.99. The van der Waals surface area contributed by atoms with Gasteiger partial charge in [-0.15, -0.1) is 11.8 Å². The summed E-state index contributed by atoms with van der Waals surface area (Å²) >= 11 is 2.00. The highest BCUT2D eigenvalue weighted by Crippen LogP contribution is 2.43. The van der Waals surface area contributed by atoms with E-state index in [9.17, 15) is 0 Å². The maximum atomic E-state index is 6.49. The number of thioether (sulfide) groups is 1. The predicted molar refractivity (Wildman–Crippen MR) is 109 cm³/mol. The lowest BCUT2D eigenvalue weighted by atomic mass is 9.83. The molecule has 3 aliphatic rings. The Balaban J connectivity index is 1.47. The molecule has 0 aromatic heterocycles. The van der Waals surface area contributed by atoms with Gasteiger partial charge in [-0.1, -0.05) is 30.3 Å². The fourth-order valence-electron chi connectivity index (χ4n) is 3.93. The van der Waals surface area contributed by atoms with Crippen molar-refractivity contribution in [3.63, 3.8) is 0 Å². The van der Waals surface area contributed by atoms with E-state index in [4.69, 9.17) is 4.74 Å². The molecule has 0 atom stereocenters. The number of hydrogen-bond donors (Lipinski definition) is 1. The molecule has 26 heavy (non-hydrogen) atoms. The van der Waals surface area contributed by atoms with Crippen LogP contribution in [-0.2, 0) is 0 Å². The molecule has 2 aromatic rings. The molecule has 1 aliphatic carbocycles. The normalized spacial score (nSPS) is 21.0. The van der Waals surface area contributed by atoms with Gasteiger partial charge < -0.3 is 10.1 Å². The van der Waals surface area contributed by atoms with Crippen LogP contribution in [0.15, 0.2) is 59.5 Å². The van der Waals surface area contributed by atoms with E-state index in [1.54, 1.807) is 0 Å². The van der Waals surface area contributed by atoms with Crippen LogP contribution in [0.2, 0.25) is 0 Å². The van der Waals surface area contributed by atoms with Gasteiger partial charge in [-0.05, 0) is 67.3 Å². The van der Waals surface area contributed by atoms with Crippen LogP contribution in [0.4, 0.5) is 0 Å². The van der Waals surface area contributed by atoms with E-state index in [0.717, 1.165) is 37.6 Å². The van der Waals surface area contributed by atoms with Crippen molar-refractivity contribution in [1.29, 1.82) is 0 Å². The molecule has 0 radical (unpaired) electrons. The average Bonchev–Trinajstić information content (AvgIpc) is 3.51. The van der Waals surface area contributed by atoms with E-state index < -0.39 is 0 Å². The third-order valence-corrected chi connectivity index (χ3v) is 6.94. The molecule has 134 valence electrons. The van der Waals surface area contributed by atoms with Crippen molar-refractivity contribution in [3.05, 3.63) is 65.7 Å². The number of rotatable bonds is 4. The Kier molecular flexibility index (Phi) is 4.30. The topological polar surface area (TPSA) is 21.3 Å². The van der Waals surface area contributed by atoms with Gasteiger partial charge in [-0.25, -0.2) is 0 Å². The fraction of sp³-hybridized carbons (Fsp3) is 0.391. The van der Waals surface area contributed by atoms with Crippen LogP contribution >= 0.6 is 11.8 Å². The lowest BCUT2D eigenvalue weighted by Crippen LogP contribution is -2.46. The number of piperidine rings is 1. The Morgan fingerprint density at radius 3 is 2.54 bits per heavy atom. The summed E-state index contributed by atoms with van der Waals surface area (Å²) in [6.45, 7) is 2.03. The number of benzene rings is 2. The Morgan fingerprint density at radius 2 is 1.77 bits per heavy atom. The van der Waals surface area contributed by atoms with E-state index >= 15 is 0 Å². The number of ether oxygens (including phenoxy) is 1. The highest BCUT2D eigenvalue weighted by atomic mass is 32.2. The first-order valence-corrected chi connectivity index (χ1v) is 10.8. The monoisotopic (exact) mass is 363 g/mol. The molecule has 2 aromatic carbocycles. The zero-order valence-electron chi connectivity index (χ0n) is 15.0. The largest absolute Gasteiger partial charge is 0.482 e. The molecule has 0 bridgehead atoms. The van der Waals surface area contributed by atoms with Gasteiger partial charge in [-0.2, -0.15) is 0 Å². The van der Waals surface area contributed by atoms with Gasteiger partial charge in [0, 0.05) is 29.1 Å². The molecule has 5 rings (SSSR count). The fourth-order valence-corrected chi connectivity index (χ4v) is 5.02. The minimum Gasteiger partial charge on any atom is -0.482 e. The number of hydrogen-bond acceptors (Lipinski definition) is 3. The molecule has 1 N–H and O–H groups in total. The Bertz CT molecular complexity index is 816. The minimum absolute atomic E-state index is 0.158. The van der Waals surface area contributed by atoms with Crippen molar-refractivity contribution in [1.82, 2.24) is 5.32 Å². The third kappa shape index (κ3) is 3.30. The summed E-state index contributed by atoms with van der Waals surface area (Å²) in [7, 11) is 0. The van der Waals surface area contributed by atoms with Crippen LogP contribution in [0, 0.1) is 5.92 Å². The summed E-state index contributed by atoms with van der Waals surface area (Å²) in [4.78, 5) is 1.39. The molecule has 2 heterocycles. The van der Waals surface area contributed by atoms with Crippen molar-refractivity contribution < 1.29 is 4.74 Å². The summed E-state index contributed by atoms with van der Waals surface area (Å²) in [6, 6.07) is 17.6. The summed E-state index contributed by atoms with van der Waals surface area (Å²) in [5.74, 6) is 3.26. The zero-order chi connectivity index (χ0) is 17.4. The Hall–Kier alpha value is -1.71. The summed E-state index contributed by atoms with van der Waals surface area (Å²) in [5.41, 5.74) is 3.69. The Morgan fingerprint density at radius 1 is 1.00 bits per heavy atom. The van der Waals surface area contributed by atoms with Crippen molar-refractivity contribution in [3.8, 4) is 5.75 Å². The SMILES string of the molecule is C1=C(c2ccc(SCC3CC3)cc2)c2ccccc2OC12CCNCC2. The van der Waals surface area contributed by atoms with Crippen LogP contribution in [0.1, 0.15) is 36.8 Å². The quantitative estimate of drug-likeness (QED) is 0.761. The maximum Gasteiger partial charge on any atom is 0.130 e. The number of nitrogens with one attached hydrogen (secondary N) is 1. The van der Waals surface area contributed by atoms with Gasteiger partial charge in [0.1, 0.15) is 11.4 Å². The second-order valence-electron chi connectivity index (χ2n) is 7.75. The van der Waals surface area contributed by atoms with Crippen molar-refractivity contribution in [2.45, 2.75) is 36.2 Å². The lowest BCUT2D eigenvalue weighted by molar-refractivity contribution is 0.0817. The molecular formula is C23H25NOS. The number of para-hydroxylation sites is 1. The van der Waals surface area contributed by atoms with Gasteiger partial charge in [0.15, 0.2) is 0 Å². The molecule has 2 fully saturated rings. The van der Waals surface area contributed by atoms with E-state index in [-0.39, 0.29) is 5.60 Å². The highest BCUT2D eigenvalue weighted by Gasteiger charge is 2.36. The van der Waals surface area contributed by atoms with Gasteiger partial charge >= 0.3 is 0 Å². The van der Waals surface area contributed by atoms with Crippen molar-refractivity contribution >= 4 is 17.3 Å². The first kappa shape index (κ1) is 16.5. The first-order chi connectivity index (χ1) is 12.8. The predicted octanol–water partition coefficient (Wildman–Crippen LogP) is 5.14. The molecule has 0 amide bonds. The van der Waals surface area contributed by atoms with Crippen LogP contribution in [0.5, 0.6) is 5.75 Å². The van der Waals surface area contributed by atoms with Crippen molar-refractivity contribution in [2.75, 3.05) is 18.8 Å². The lowest BCUT2D eigenvalue weighted by Gasteiger charge is -2.40. The van der Waals surface area contributed by atoms with Gasteiger partial charge in [0.2, 0.25) is 0 Å². The summed E-state index contributed by atoms with van der Waals surface area (Å²) in [5, 5.41) is 3.46. The first-order valence-electron chi connectivity index (χ1n) is 9.77. The molecule has 1 saturated carbocycles. The zero-order valence-corrected chi connectivity index (χ0v) is 15.9. The summed E-state index contributed by atoms with van der Waals surface area (Å²) < 4.78 is 6.49. The van der Waals surface area contributed by atoms with E-state index in [1.165, 1.54) is 40.2 Å². The smallest absolute Gasteiger partial charge is 0.130 e. The molecule has 1 spiro atoms. The van der Waals surface area contributed by atoms with Crippen molar-refractivity contribution in [2.24, 2.45) is 5.92 Å². The molecule has 2 nitrogen and oxygen atoms in total. The number of fused-ring (bicyclic) bond motifs is 1. The average molecular weight is 364 g/mol. The summed E-state index contributed by atoms with van der Waals surface area (Å²) in [6.07, 6.45) is 7.29. The standard InChI is InChI=1S/C23H25NOS/c1-2-4-22-20(3-1)21(15-23(25-22)11-13-24-14-12-23)18-7-9-19(10-8-18)26-16-17-5-6-17/h1-4,7-10,15,17,24H,5-6,11-14,16H2. The van der Waals surface area contributed by atoms with E-state index in [2.05, 4.69) is 59.9 Å². The van der Waals surface area contributed by atoms with Crippen LogP contribution in [-0.4, -0.2) is 24.4 Å². The van der Waals surface area contributed by atoms with Crippen LogP contribution in [0.25, 0.3) is 5.57 Å². The maximum absolute atomic E-state index is 6.49. The van der Waals surface area contributed by atoms with Crippen LogP contribution in [0.3, 0.4) is 0 Å².